The number of nitrogens with one attached hydrogen (secondary N) is 5. The van der Waals surface area contributed by atoms with Gasteiger partial charge in [0.05, 0.1) is 13.1 Å². The van der Waals surface area contributed by atoms with E-state index in [2.05, 4.69) is 26.6 Å². The lowest BCUT2D eigenvalue weighted by Crippen LogP contribution is -2.52. The number of nitrogens with two attached hydrogens (primary N) is 1. The van der Waals surface area contributed by atoms with Crippen LogP contribution in [0.4, 0.5) is 0 Å². The maximum Gasteiger partial charge on any atom is 0.251 e. The molecule has 0 aromatic heterocycles. The molecule has 0 aliphatic rings. The van der Waals surface area contributed by atoms with Crippen LogP contribution in [0.3, 0.4) is 0 Å². The van der Waals surface area contributed by atoms with E-state index >= 15 is 0 Å². The Bertz CT molecular complexity index is 1130. The maximum atomic E-state index is 12.6. The predicted octanol–water partition coefficient (Wildman–Crippen LogP) is -0.896. The van der Waals surface area contributed by atoms with Crippen LogP contribution in [0.1, 0.15) is 35.7 Å². The van der Waals surface area contributed by atoms with Crippen molar-refractivity contribution < 1.29 is 28.8 Å². The summed E-state index contributed by atoms with van der Waals surface area (Å²) in [4.78, 5) is 72.7. The lowest BCUT2D eigenvalue weighted by molar-refractivity contribution is -0.131. The van der Waals surface area contributed by atoms with Crippen molar-refractivity contribution in [2.75, 3.05) is 13.1 Å². The predicted molar refractivity (Wildman–Crippen MR) is 138 cm³/mol. The summed E-state index contributed by atoms with van der Waals surface area (Å²) in [6, 6.07) is 15.4. The summed E-state index contributed by atoms with van der Waals surface area (Å²) >= 11 is 0. The average molecular weight is 525 g/mol. The number of amides is 6. The van der Waals surface area contributed by atoms with Crippen LogP contribution in [0.15, 0.2) is 60.7 Å². The van der Waals surface area contributed by atoms with Gasteiger partial charge in [0, 0.05) is 18.5 Å². The van der Waals surface area contributed by atoms with Crippen LogP contribution in [0.5, 0.6) is 0 Å². The van der Waals surface area contributed by atoms with Gasteiger partial charge in [0.15, 0.2) is 0 Å². The van der Waals surface area contributed by atoms with Crippen molar-refractivity contribution in [3.05, 3.63) is 71.8 Å². The van der Waals surface area contributed by atoms with Crippen molar-refractivity contribution in [1.29, 1.82) is 0 Å². The van der Waals surface area contributed by atoms with Crippen molar-refractivity contribution in [3.63, 3.8) is 0 Å². The van der Waals surface area contributed by atoms with E-state index in [1.807, 2.05) is 30.3 Å². The first-order valence-corrected chi connectivity index (χ1v) is 11.9. The lowest BCUT2D eigenvalue weighted by Gasteiger charge is -2.19. The number of carbonyl (C=O) groups excluding carboxylic acids is 6. The Morgan fingerprint density at radius 1 is 0.737 bits per heavy atom. The molecular formula is C26H32N6O6. The van der Waals surface area contributed by atoms with Gasteiger partial charge >= 0.3 is 0 Å². The van der Waals surface area contributed by atoms with E-state index in [4.69, 9.17) is 5.73 Å². The van der Waals surface area contributed by atoms with Crippen molar-refractivity contribution in [1.82, 2.24) is 26.6 Å². The standard InChI is InChI=1S/C26H32N6O6/c1-17(31-25(37)19-10-6-3-7-11-19)24(36)29-16-23(35)32-20(12-13-21(27)33)26(38)30-15-22(34)28-14-18-8-4-2-5-9-18/h2-11,17,20H,12-16H2,1H3,(H2,27,33)(H,28,34)(H,29,36)(H,30,38)(H,31,37)(H,32,35)/t17?,20-/m0/s1. The minimum atomic E-state index is -1.16. The third-order valence-corrected chi connectivity index (χ3v) is 5.29. The molecule has 2 rings (SSSR count). The highest BCUT2D eigenvalue weighted by atomic mass is 16.2. The van der Waals surface area contributed by atoms with Gasteiger partial charge in [0.25, 0.3) is 5.91 Å². The van der Waals surface area contributed by atoms with Gasteiger partial charge < -0.3 is 32.3 Å². The molecule has 0 saturated carbocycles. The SMILES string of the molecule is CC(NC(=O)c1ccccc1)C(=O)NCC(=O)N[C@@H](CCC(N)=O)C(=O)NCC(=O)NCc1ccccc1. The summed E-state index contributed by atoms with van der Waals surface area (Å²) in [5.74, 6) is -3.58. The van der Waals surface area contributed by atoms with Gasteiger partial charge in [0.1, 0.15) is 12.1 Å². The highest BCUT2D eigenvalue weighted by Crippen LogP contribution is 2.00. The van der Waals surface area contributed by atoms with E-state index in [1.165, 1.54) is 6.92 Å². The molecule has 12 heteroatoms. The topological polar surface area (TPSA) is 189 Å². The van der Waals surface area contributed by atoms with Gasteiger partial charge in [-0.3, -0.25) is 28.8 Å². The summed E-state index contributed by atoms with van der Waals surface area (Å²) in [6.45, 7) is 0.910. The molecule has 2 aromatic carbocycles. The monoisotopic (exact) mass is 524 g/mol. The van der Waals surface area contributed by atoms with Crippen LogP contribution in [-0.4, -0.2) is 60.6 Å². The van der Waals surface area contributed by atoms with E-state index in [1.54, 1.807) is 30.3 Å². The van der Waals surface area contributed by atoms with Gasteiger partial charge in [-0.05, 0) is 31.0 Å². The normalized spacial score (nSPS) is 11.8. The van der Waals surface area contributed by atoms with E-state index in [0.29, 0.717) is 5.56 Å². The quantitative estimate of drug-likeness (QED) is 0.186. The Hall–Kier alpha value is -4.74. The summed E-state index contributed by atoms with van der Waals surface area (Å²) < 4.78 is 0. The molecule has 2 aromatic rings. The molecule has 12 nitrogen and oxygen atoms in total. The second kappa shape index (κ2) is 15.4. The fourth-order valence-corrected chi connectivity index (χ4v) is 3.21. The van der Waals surface area contributed by atoms with Crippen molar-refractivity contribution in [2.45, 2.75) is 38.4 Å². The largest absolute Gasteiger partial charge is 0.370 e. The van der Waals surface area contributed by atoms with E-state index in [0.717, 1.165) is 5.56 Å². The summed E-state index contributed by atoms with van der Waals surface area (Å²) in [5.41, 5.74) is 6.42. The first-order chi connectivity index (χ1) is 18.2. The first kappa shape index (κ1) is 29.5. The molecule has 0 heterocycles. The molecule has 38 heavy (non-hydrogen) atoms. The molecule has 0 bridgehead atoms. The molecule has 202 valence electrons. The molecule has 1 unspecified atom stereocenters. The molecule has 0 spiro atoms. The average Bonchev–Trinajstić information content (AvgIpc) is 2.92. The number of hydrogen-bond donors (Lipinski definition) is 6. The highest BCUT2D eigenvalue weighted by molar-refractivity contribution is 5.98. The van der Waals surface area contributed by atoms with Gasteiger partial charge in [-0.25, -0.2) is 0 Å². The Kier molecular flexibility index (Phi) is 11.9. The van der Waals surface area contributed by atoms with Crippen LogP contribution in [0, 0.1) is 0 Å². The number of primary amides is 1. The summed E-state index contributed by atoms with van der Waals surface area (Å²) in [5, 5.41) is 12.4. The molecule has 2 atom stereocenters. The Balaban J connectivity index is 1.81. The van der Waals surface area contributed by atoms with Crippen LogP contribution >= 0.6 is 0 Å². The fourth-order valence-electron chi connectivity index (χ4n) is 3.21. The fraction of sp³-hybridized carbons (Fsp3) is 0.308. The third kappa shape index (κ3) is 10.9. The van der Waals surface area contributed by atoms with Crippen molar-refractivity contribution >= 4 is 35.4 Å². The molecule has 0 saturated heterocycles. The summed E-state index contributed by atoms with van der Waals surface area (Å²) in [6.07, 6.45) is -0.288. The first-order valence-electron chi connectivity index (χ1n) is 11.9. The molecular weight excluding hydrogens is 492 g/mol. The molecule has 0 radical (unpaired) electrons. The van der Waals surface area contributed by atoms with Crippen LogP contribution in [0.25, 0.3) is 0 Å². The highest BCUT2D eigenvalue weighted by Gasteiger charge is 2.23. The maximum absolute atomic E-state index is 12.6. The van der Waals surface area contributed by atoms with Crippen LogP contribution in [0.2, 0.25) is 0 Å². The minimum Gasteiger partial charge on any atom is -0.370 e. The molecule has 0 aliphatic carbocycles. The van der Waals surface area contributed by atoms with Gasteiger partial charge in [0.2, 0.25) is 29.5 Å². The second-order valence-corrected chi connectivity index (χ2v) is 8.38. The van der Waals surface area contributed by atoms with Crippen molar-refractivity contribution in [3.8, 4) is 0 Å². The van der Waals surface area contributed by atoms with E-state index in [-0.39, 0.29) is 25.9 Å². The number of hydrogen-bond acceptors (Lipinski definition) is 6. The number of benzene rings is 2. The zero-order chi connectivity index (χ0) is 27.9. The Labute approximate surface area is 220 Å². The van der Waals surface area contributed by atoms with Crippen LogP contribution in [-0.2, 0) is 30.5 Å². The van der Waals surface area contributed by atoms with Crippen LogP contribution < -0.4 is 32.3 Å². The molecule has 0 aliphatic heterocycles. The zero-order valence-corrected chi connectivity index (χ0v) is 21.0. The van der Waals surface area contributed by atoms with Gasteiger partial charge in [-0.2, -0.15) is 0 Å². The Morgan fingerprint density at radius 2 is 1.32 bits per heavy atom. The van der Waals surface area contributed by atoms with Gasteiger partial charge in [-0.15, -0.1) is 0 Å². The minimum absolute atomic E-state index is 0.101. The molecule has 0 fully saturated rings. The lowest BCUT2D eigenvalue weighted by atomic mass is 10.1. The Morgan fingerprint density at radius 3 is 1.95 bits per heavy atom. The second-order valence-electron chi connectivity index (χ2n) is 8.38. The van der Waals surface area contributed by atoms with Crippen molar-refractivity contribution in [2.24, 2.45) is 5.73 Å². The zero-order valence-electron chi connectivity index (χ0n) is 21.0. The van der Waals surface area contributed by atoms with E-state index < -0.39 is 54.1 Å². The molecule has 7 N–H and O–H groups in total. The molecule has 6 amide bonds. The van der Waals surface area contributed by atoms with Gasteiger partial charge in [-0.1, -0.05) is 48.5 Å². The summed E-state index contributed by atoms with van der Waals surface area (Å²) in [7, 11) is 0. The number of carbonyl (C=O) groups is 6. The number of rotatable bonds is 14. The smallest absolute Gasteiger partial charge is 0.251 e. The van der Waals surface area contributed by atoms with E-state index in [9.17, 15) is 28.8 Å². The third-order valence-electron chi connectivity index (χ3n) is 5.29.